The summed E-state index contributed by atoms with van der Waals surface area (Å²) in [6, 6.07) is 1.81. The van der Waals surface area contributed by atoms with Crippen LogP contribution in [0.3, 0.4) is 0 Å². The molecule has 1 saturated heterocycles. The number of nitrogens with zero attached hydrogens (tertiary/aromatic N) is 3. The summed E-state index contributed by atoms with van der Waals surface area (Å²) in [5, 5.41) is 3.91. The predicted octanol–water partition coefficient (Wildman–Crippen LogP) is 3.27. The zero-order chi connectivity index (χ0) is 17.2. The normalized spacial score (nSPS) is 24.9. The number of hydrogen-bond acceptors (Lipinski definition) is 6. The molecule has 1 unspecified atom stereocenters. The highest BCUT2D eigenvalue weighted by molar-refractivity contribution is 7.98. The van der Waals surface area contributed by atoms with E-state index in [0.29, 0.717) is 29.7 Å². The molecule has 24 heavy (non-hydrogen) atoms. The summed E-state index contributed by atoms with van der Waals surface area (Å²) in [5.41, 5.74) is 0. The van der Waals surface area contributed by atoms with Gasteiger partial charge in [-0.1, -0.05) is 11.8 Å². The van der Waals surface area contributed by atoms with Crippen LogP contribution in [-0.2, 0) is 0 Å². The van der Waals surface area contributed by atoms with Crippen LogP contribution in [0.5, 0.6) is 5.88 Å². The first-order valence-corrected chi connectivity index (χ1v) is 9.59. The summed E-state index contributed by atoms with van der Waals surface area (Å²) in [5.74, 6) is -1.30. The number of thioether (sulfide) groups is 1. The van der Waals surface area contributed by atoms with Gasteiger partial charge < -0.3 is 15.0 Å². The van der Waals surface area contributed by atoms with Crippen molar-refractivity contribution in [3.8, 4) is 5.88 Å². The Morgan fingerprint density at radius 1 is 1.29 bits per heavy atom. The molecule has 0 radical (unpaired) electrons. The second kappa shape index (κ2) is 7.39. The van der Waals surface area contributed by atoms with Crippen LogP contribution >= 0.6 is 11.8 Å². The van der Waals surface area contributed by atoms with E-state index in [1.807, 2.05) is 6.26 Å². The molecule has 0 spiro atoms. The molecule has 0 amide bonds. The standard InChI is InChI=1S/C16H24F2N4OS/c1-22-8-5-12(10-22)23-14-9-13(20-15(21-14)24-2)19-11-3-6-16(17,18)7-4-11/h9,11-12H,3-8,10H2,1-2H3,(H,19,20,21). The summed E-state index contributed by atoms with van der Waals surface area (Å²) in [4.78, 5) is 11.1. The molecule has 5 nitrogen and oxygen atoms in total. The van der Waals surface area contributed by atoms with Gasteiger partial charge in [0.1, 0.15) is 11.9 Å². The van der Waals surface area contributed by atoms with Crippen LogP contribution in [0.1, 0.15) is 32.1 Å². The lowest BCUT2D eigenvalue weighted by Crippen LogP contribution is -2.32. The van der Waals surface area contributed by atoms with Crippen molar-refractivity contribution in [1.82, 2.24) is 14.9 Å². The van der Waals surface area contributed by atoms with Gasteiger partial charge in [0.15, 0.2) is 5.16 Å². The summed E-state index contributed by atoms with van der Waals surface area (Å²) in [7, 11) is 2.07. The van der Waals surface area contributed by atoms with Crippen molar-refractivity contribution in [2.75, 3.05) is 31.7 Å². The number of alkyl halides is 2. The third-order valence-electron chi connectivity index (χ3n) is 4.57. The molecule has 1 saturated carbocycles. The third kappa shape index (κ3) is 4.69. The fourth-order valence-corrected chi connectivity index (χ4v) is 3.56. The largest absolute Gasteiger partial charge is 0.473 e. The summed E-state index contributed by atoms with van der Waals surface area (Å²) >= 11 is 1.44. The van der Waals surface area contributed by atoms with E-state index in [-0.39, 0.29) is 25.0 Å². The van der Waals surface area contributed by atoms with Crippen molar-refractivity contribution >= 4 is 17.6 Å². The molecule has 134 valence electrons. The number of aromatic nitrogens is 2. The fourth-order valence-electron chi connectivity index (χ4n) is 3.18. The van der Waals surface area contributed by atoms with E-state index in [4.69, 9.17) is 4.74 Å². The second-order valence-corrected chi connectivity index (χ2v) is 7.42. The first-order chi connectivity index (χ1) is 11.4. The van der Waals surface area contributed by atoms with Gasteiger partial charge in [-0.15, -0.1) is 0 Å². The minimum atomic E-state index is -2.52. The number of nitrogens with one attached hydrogen (secondary N) is 1. The number of ether oxygens (including phenoxy) is 1. The minimum Gasteiger partial charge on any atom is -0.473 e. The average molecular weight is 358 g/mol. The van der Waals surface area contributed by atoms with Crippen LogP contribution in [-0.4, -0.2) is 59.3 Å². The second-order valence-electron chi connectivity index (χ2n) is 6.64. The molecule has 1 aromatic heterocycles. The molecule has 1 atom stereocenters. The Morgan fingerprint density at radius 3 is 2.67 bits per heavy atom. The van der Waals surface area contributed by atoms with Crippen molar-refractivity contribution in [2.24, 2.45) is 0 Å². The molecule has 1 aliphatic carbocycles. The summed E-state index contributed by atoms with van der Waals surface area (Å²) in [6.07, 6.45) is 3.81. The number of likely N-dealkylation sites (tertiary alicyclic amines) is 1. The molecule has 2 aliphatic rings. The molecule has 0 aromatic carbocycles. The van der Waals surface area contributed by atoms with E-state index in [9.17, 15) is 8.78 Å². The van der Waals surface area contributed by atoms with Crippen LogP contribution in [0.25, 0.3) is 0 Å². The van der Waals surface area contributed by atoms with Gasteiger partial charge in [-0.3, -0.25) is 0 Å². The van der Waals surface area contributed by atoms with Crippen LogP contribution in [0.2, 0.25) is 0 Å². The molecular formula is C16H24F2N4OS. The Hall–Kier alpha value is -1.15. The molecule has 2 heterocycles. The fraction of sp³-hybridized carbons (Fsp3) is 0.750. The predicted molar refractivity (Wildman–Crippen MR) is 91.2 cm³/mol. The molecule has 0 bridgehead atoms. The van der Waals surface area contributed by atoms with E-state index >= 15 is 0 Å². The average Bonchev–Trinajstić information content (AvgIpc) is 2.94. The maximum atomic E-state index is 13.3. The summed E-state index contributed by atoms with van der Waals surface area (Å²) in [6.45, 7) is 1.91. The minimum absolute atomic E-state index is 0.0275. The number of anilines is 1. The van der Waals surface area contributed by atoms with E-state index < -0.39 is 5.92 Å². The van der Waals surface area contributed by atoms with E-state index in [2.05, 4.69) is 27.2 Å². The van der Waals surface area contributed by atoms with Gasteiger partial charge in [-0.25, -0.2) is 13.8 Å². The lowest BCUT2D eigenvalue weighted by molar-refractivity contribution is -0.0361. The molecular weight excluding hydrogens is 334 g/mol. The zero-order valence-corrected chi connectivity index (χ0v) is 14.9. The van der Waals surface area contributed by atoms with Crippen molar-refractivity contribution < 1.29 is 13.5 Å². The van der Waals surface area contributed by atoms with E-state index in [0.717, 1.165) is 19.5 Å². The highest BCUT2D eigenvalue weighted by Gasteiger charge is 2.35. The lowest BCUT2D eigenvalue weighted by Gasteiger charge is -2.29. The van der Waals surface area contributed by atoms with Crippen molar-refractivity contribution in [1.29, 1.82) is 0 Å². The number of hydrogen-bond donors (Lipinski definition) is 1. The molecule has 8 heteroatoms. The van der Waals surface area contributed by atoms with Gasteiger partial charge in [0.25, 0.3) is 0 Å². The van der Waals surface area contributed by atoms with Crippen molar-refractivity contribution in [3.05, 3.63) is 6.07 Å². The van der Waals surface area contributed by atoms with Gasteiger partial charge in [-0.05, 0) is 32.6 Å². The van der Waals surface area contributed by atoms with Crippen LogP contribution in [0.4, 0.5) is 14.6 Å². The molecule has 1 aliphatic heterocycles. The number of likely N-dealkylation sites (N-methyl/N-ethyl adjacent to an activating group) is 1. The lowest BCUT2D eigenvalue weighted by atomic mass is 9.92. The highest BCUT2D eigenvalue weighted by Crippen LogP contribution is 2.34. The first kappa shape index (κ1) is 17.7. The monoisotopic (exact) mass is 358 g/mol. The van der Waals surface area contributed by atoms with Crippen LogP contribution < -0.4 is 10.1 Å². The molecule has 3 rings (SSSR count). The van der Waals surface area contributed by atoms with E-state index in [1.54, 1.807) is 6.07 Å². The van der Waals surface area contributed by atoms with Crippen molar-refractivity contribution in [2.45, 2.75) is 55.3 Å². The molecule has 1 N–H and O–H groups in total. The molecule has 1 aromatic rings. The van der Waals surface area contributed by atoms with Gasteiger partial charge in [0.05, 0.1) is 0 Å². The van der Waals surface area contributed by atoms with Crippen LogP contribution in [0, 0.1) is 0 Å². The van der Waals surface area contributed by atoms with E-state index in [1.165, 1.54) is 11.8 Å². The third-order valence-corrected chi connectivity index (χ3v) is 5.12. The molecule has 2 fully saturated rings. The first-order valence-electron chi connectivity index (χ1n) is 8.36. The topological polar surface area (TPSA) is 50.3 Å². The van der Waals surface area contributed by atoms with Gasteiger partial charge in [0, 0.05) is 38.0 Å². The van der Waals surface area contributed by atoms with Crippen molar-refractivity contribution in [3.63, 3.8) is 0 Å². The Balaban J connectivity index is 1.65. The van der Waals surface area contributed by atoms with Gasteiger partial charge >= 0.3 is 0 Å². The Morgan fingerprint density at radius 2 is 2.04 bits per heavy atom. The zero-order valence-electron chi connectivity index (χ0n) is 14.1. The smallest absolute Gasteiger partial charge is 0.248 e. The maximum absolute atomic E-state index is 13.3. The maximum Gasteiger partial charge on any atom is 0.248 e. The SMILES string of the molecule is CSc1nc(NC2CCC(F)(F)CC2)cc(OC2CCN(C)C2)n1. The Labute approximate surface area is 145 Å². The van der Waals surface area contributed by atoms with Crippen LogP contribution in [0.15, 0.2) is 11.2 Å². The highest BCUT2D eigenvalue weighted by atomic mass is 32.2. The van der Waals surface area contributed by atoms with Gasteiger partial charge in [0.2, 0.25) is 11.8 Å². The summed E-state index contributed by atoms with van der Waals surface area (Å²) < 4.78 is 32.5. The van der Waals surface area contributed by atoms with Gasteiger partial charge in [-0.2, -0.15) is 4.98 Å². The Kier molecular flexibility index (Phi) is 5.44. The Bertz CT molecular complexity index is 565. The number of halogens is 2. The number of rotatable bonds is 5. The quantitative estimate of drug-likeness (QED) is 0.644.